The smallest absolute Gasteiger partial charge is 0.391 e. The zero-order valence-electron chi connectivity index (χ0n) is 11.0. The van der Waals surface area contributed by atoms with Crippen molar-refractivity contribution in [2.45, 2.75) is 32.5 Å². The van der Waals surface area contributed by atoms with Crippen molar-refractivity contribution in [2.24, 2.45) is 0 Å². The number of aromatic nitrogens is 4. The SMILES string of the molecule is Cc1c(N)cccc1-c1nnnn1C(C)CC(F)(F)F. The van der Waals surface area contributed by atoms with Gasteiger partial charge in [0.05, 0.1) is 12.5 Å². The fraction of sp³-hybridized carbons (Fsp3) is 0.417. The van der Waals surface area contributed by atoms with Crippen LogP contribution < -0.4 is 5.73 Å². The molecule has 2 N–H and O–H groups in total. The van der Waals surface area contributed by atoms with Gasteiger partial charge in [-0.25, -0.2) is 4.68 Å². The summed E-state index contributed by atoms with van der Waals surface area (Å²) in [4.78, 5) is 0. The van der Waals surface area contributed by atoms with Crippen LogP contribution >= 0.6 is 0 Å². The molecule has 1 aromatic carbocycles. The minimum atomic E-state index is -4.27. The first-order chi connectivity index (χ1) is 9.29. The van der Waals surface area contributed by atoms with Gasteiger partial charge in [0, 0.05) is 11.3 Å². The van der Waals surface area contributed by atoms with E-state index in [0.29, 0.717) is 11.3 Å². The van der Waals surface area contributed by atoms with Crippen LogP contribution in [0.1, 0.15) is 24.9 Å². The van der Waals surface area contributed by atoms with Crippen molar-refractivity contribution in [2.75, 3.05) is 5.73 Å². The third-order valence-corrected chi connectivity index (χ3v) is 3.05. The average molecular weight is 285 g/mol. The van der Waals surface area contributed by atoms with E-state index in [0.717, 1.165) is 5.56 Å². The average Bonchev–Trinajstić information content (AvgIpc) is 2.79. The van der Waals surface area contributed by atoms with Crippen LogP contribution in [0.4, 0.5) is 18.9 Å². The van der Waals surface area contributed by atoms with Gasteiger partial charge in [0.15, 0.2) is 5.82 Å². The summed E-state index contributed by atoms with van der Waals surface area (Å²) in [7, 11) is 0. The molecule has 108 valence electrons. The fourth-order valence-corrected chi connectivity index (χ4v) is 1.99. The first-order valence-electron chi connectivity index (χ1n) is 5.99. The van der Waals surface area contributed by atoms with Crippen LogP contribution in [0.5, 0.6) is 0 Å². The summed E-state index contributed by atoms with van der Waals surface area (Å²) >= 11 is 0. The van der Waals surface area contributed by atoms with Crippen LogP contribution in [0, 0.1) is 6.92 Å². The highest BCUT2D eigenvalue weighted by molar-refractivity contribution is 5.67. The number of tetrazole rings is 1. The number of benzene rings is 1. The largest absolute Gasteiger partial charge is 0.398 e. The van der Waals surface area contributed by atoms with E-state index in [-0.39, 0.29) is 5.82 Å². The van der Waals surface area contributed by atoms with Gasteiger partial charge >= 0.3 is 6.18 Å². The van der Waals surface area contributed by atoms with Gasteiger partial charge in [-0.1, -0.05) is 12.1 Å². The lowest BCUT2D eigenvalue weighted by molar-refractivity contribution is -0.142. The van der Waals surface area contributed by atoms with Crippen molar-refractivity contribution in [3.63, 3.8) is 0 Å². The molecule has 0 fully saturated rings. The van der Waals surface area contributed by atoms with Gasteiger partial charge in [0.25, 0.3) is 0 Å². The van der Waals surface area contributed by atoms with E-state index in [1.807, 2.05) is 0 Å². The molecule has 0 radical (unpaired) electrons. The molecule has 1 heterocycles. The molecule has 0 amide bonds. The van der Waals surface area contributed by atoms with Crippen molar-refractivity contribution >= 4 is 5.69 Å². The molecule has 2 rings (SSSR count). The van der Waals surface area contributed by atoms with Gasteiger partial charge in [-0.05, 0) is 35.9 Å². The van der Waals surface area contributed by atoms with Gasteiger partial charge in [-0.2, -0.15) is 13.2 Å². The number of rotatable bonds is 3. The molecule has 20 heavy (non-hydrogen) atoms. The zero-order chi connectivity index (χ0) is 14.9. The van der Waals surface area contributed by atoms with E-state index >= 15 is 0 Å². The molecule has 5 nitrogen and oxygen atoms in total. The number of alkyl halides is 3. The monoisotopic (exact) mass is 285 g/mol. The van der Waals surface area contributed by atoms with E-state index < -0.39 is 18.6 Å². The van der Waals surface area contributed by atoms with E-state index in [9.17, 15) is 13.2 Å². The zero-order valence-corrected chi connectivity index (χ0v) is 11.0. The summed E-state index contributed by atoms with van der Waals surface area (Å²) in [5, 5.41) is 11.0. The molecular weight excluding hydrogens is 271 g/mol. The second kappa shape index (κ2) is 5.10. The van der Waals surface area contributed by atoms with Crippen molar-refractivity contribution in [1.82, 2.24) is 20.2 Å². The lowest BCUT2D eigenvalue weighted by atomic mass is 10.1. The quantitative estimate of drug-likeness (QED) is 0.880. The highest BCUT2D eigenvalue weighted by Gasteiger charge is 2.32. The van der Waals surface area contributed by atoms with E-state index in [1.165, 1.54) is 11.6 Å². The predicted molar refractivity (Wildman–Crippen MR) is 67.8 cm³/mol. The molecule has 0 saturated carbocycles. The van der Waals surface area contributed by atoms with Crippen LogP contribution in [0.15, 0.2) is 18.2 Å². The Morgan fingerprint density at radius 1 is 1.35 bits per heavy atom. The molecular formula is C12H14F3N5. The summed E-state index contributed by atoms with van der Waals surface area (Å²) in [6, 6.07) is 4.27. The molecule has 1 atom stereocenters. The molecule has 0 aliphatic rings. The Bertz CT molecular complexity index is 605. The molecule has 0 saturated heterocycles. The Kier molecular flexibility index (Phi) is 3.65. The number of nitrogens with two attached hydrogens (primary N) is 1. The summed E-state index contributed by atoms with van der Waals surface area (Å²) < 4.78 is 38.6. The van der Waals surface area contributed by atoms with E-state index in [1.54, 1.807) is 25.1 Å². The maximum atomic E-state index is 12.5. The Morgan fingerprint density at radius 2 is 2.05 bits per heavy atom. The fourth-order valence-electron chi connectivity index (χ4n) is 1.99. The van der Waals surface area contributed by atoms with Crippen LogP contribution in [-0.4, -0.2) is 26.4 Å². The first kappa shape index (κ1) is 14.3. The molecule has 2 aromatic rings. The summed E-state index contributed by atoms with van der Waals surface area (Å²) in [6.07, 6.45) is -5.26. The lowest BCUT2D eigenvalue weighted by Crippen LogP contribution is -2.18. The Morgan fingerprint density at radius 3 is 2.70 bits per heavy atom. The standard InChI is InChI=1S/C12H14F3N5/c1-7(6-12(13,14)15)20-11(17-18-19-20)9-4-3-5-10(16)8(9)2/h3-5,7H,6,16H2,1-2H3. The van der Waals surface area contributed by atoms with Crippen LogP contribution in [0.2, 0.25) is 0 Å². The Hall–Kier alpha value is -2.12. The number of halogens is 3. The molecule has 0 aliphatic carbocycles. The molecule has 0 spiro atoms. The Balaban J connectivity index is 2.40. The highest BCUT2D eigenvalue weighted by Crippen LogP contribution is 2.31. The van der Waals surface area contributed by atoms with Crippen LogP contribution in [0.3, 0.4) is 0 Å². The van der Waals surface area contributed by atoms with Crippen molar-refractivity contribution < 1.29 is 13.2 Å². The molecule has 0 bridgehead atoms. The summed E-state index contributed by atoms with van der Waals surface area (Å²) in [6.45, 7) is 3.20. The van der Waals surface area contributed by atoms with Crippen LogP contribution in [0.25, 0.3) is 11.4 Å². The predicted octanol–water partition coefficient (Wildman–Crippen LogP) is 2.74. The second-order valence-electron chi connectivity index (χ2n) is 4.64. The molecule has 0 aliphatic heterocycles. The second-order valence-corrected chi connectivity index (χ2v) is 4.64. The normalized spacial score (nSPS) is 13.4. The summed E-state index contributed by atoms with van der Waals surface area (Å²) in [5.74, 6) is 0.284. The maximum Gasteiger partial charge on any atom is 0.391 e. The molecule has 8 heteroatoms. The van der Waals surface area contributed by atoms with Crippen molar-refractivity contribution in [3.8, 4) is 11.4 Å². The number of hydrogen-bond acceptors (Lipinski definition) is 4. The minimum absolute atomic E-state index is 0.284. The topological polar surface area (TPSA) is 69.6 Å². The highest BCUT2D eigenvalue weighted by atomic mass is 19.4. The first-order valence-corrected chi connectivity index (χ1v) is 5.99. The van der Waals surface area contributed by atoms with Crippen LogP contribution in [-0.2, 0) is 0 Å². The molecule has 1 aromatic heterocycles. The minimum Gasteiger partial charge on any atom is -0.398 e. The number of hydrogen-bond donors (Lipinski definition) is 1. The molecule has 1 unspecified atom stereocenters. The Labute approximate surface area is 113 Å². The third-order valence-electron chi connectivity index (χ3n) is 3.05. The van der Waals surface area contributed by atoms with Gasteiger partial charge in [-0.3, -0.25) is 0 Å². The van der Waals surface area contributed by atoms with Crippen molar-refractivity contribution in [3.05, 3.63) is 23.8 Å². The van der Waals surface area contributed by atoms with E-state index in [4.69, 9.17) is 5.73 Å². The number of nitrogens with zero attached hydrogens (tertiary/aromatic N) is 4. The van der Waals surface area contributed by atoms with Gasteiger partial charge in [-0.15, -0.1) is 5.10 Å². The lowest BCUT2D eigenvalue weighted by Gasteiger charge is -2.16. The third kappa shape index (κ3) is 2.89. The van der Waals surface area contributed by atoms with Gasteiger partial charge < -0.3 is 5.73 Å². The van der Waals surface area contributed by atoms with Gasteiger partial charge in [0.1, 0.15) is 0 Å². The summed E-state index contributed by atoms with van der Waals surface area (Å²) in [5.41, 5.74) is 7.71. The van der Waals surface area contributed by atoms with Gasteiger partial charge in [0.2, 0.25) is 0 Å². The number of anilines is 1. The van der Waals surface area contributed by atoms with Crippen molar-refractivity contribution in [1.29, 1.82) is 0 Å². The van der Waals surface area contributed by atoms with E-state index in [2.05, 4.69) is 15.5 Å². The number of nitrogen functional groups attached to an aromatic ring is 1. The maximum absolute atomic E-state index is 12.5.